The average molecular weight is 253 g/mol. The van der Waals surface area contributed by atoms with Crippen molar-refractivity contribution >= 4 is 5.69 Å². The van der Waals surface area contributed by atoms with Gasteiger partial charge in [0.15, 0.2) is 5.75 Å². The van der Waals surface area contributed by atoms with Crippen molar-refractivity contribution in [2.45, 2.75) is 32.6 Å². The van der Waals surface area contributed by atoms with Gasteiger partial charge in [0.2, 0.25) is 0 Å². The van der Waals surface area contributed by atoms with E-state index >= 15 is 0 Å². The van der Waals surface area contributed by atoms with E-state index in [1.807, 2.05) is 6.92 Å². The van der Waals surface area contributed by atoms with Crippen molar-refractivity contribution in [3.63, 3.8) is 0 Å². The summed E-state index contributed by atoms with van der Waals surface area (Å²) in [6, 6.07) is 4.86. The lowest BCUT2D eigenvalue weighted by Gasteiger charge is -2.07. The van der Waals surface area contributed by atoms with E-state index in [9.17, 15) is 10.1 Å². The van der Waals surface area contributed by atoms with Gasteiger partial charge in [0, 0.05) is 12.7 Å². The first kappa shape index (κ1) is 14.4. The van der Waals surface area contributed by atoms with Crippen molar-refractivity contribution in [3.05, 3.63) is 33.9 Å². The number of nitro benzene ring substituents is 1. The quantitative estimate of drug-likeness (QED) is 0.439. The molecule has 0 bridgehead atoms. The Labute approximate surface area is 107 Å². The molecular weight excluding hydrogens is 234 g/mol. The van der Waals surface area contributed by atoms with Gasteiger partial charge in [-0.15, -0.1) is 0 Å². The molecule has 0 amide bonds. The van der Waals surface area contributed by atoms with Crippen LogP contribution in [-0.4, -0.2) is 23.2 Å². The molecule has 0 aliphatic heterocycles. The van der Waals surface area contributed by atoms with E-state index in [0.717, 1.165) is 31.2 Å². The van der Waals surface area contributed by atoms with Crippen LogP contribution in [0.3, 0.4) is 0 Å². The molecule has 1 rings (SSSR count). The predicted octanol–water partition coefficient (Wildman–Crippen LogP) is 2.83. The summed E-state index contributed by atoms with van der Waals surface area (Å²) in [4.78, 5) is 10.4. The molecule has 5 heteroatoms. The maximum absolute atomic E-state index is 10.8. The van der Waals surface area contributed by atoms with Gasteiger partial charge in [0.05, 0.1) is 11.5 Å². The van der Waals surface area contributed by atoms with Crippen LogP contribution < -0.4 is 4.74 Å². The van der Waals surface area contributed by atoms with Crippen LogP contribution in [0.1, 0.15) is 31.2 Å². The van der Waals surface area contributed by atoms with Gasteiger partial charge < -0.3 is 9.84 Å². The molecule has 0 spiro atoms. The molecule has 0 aromatic heterocycles. The monoisotopic (exact) mass is 253 g/mol. The van der Waals surface area contributed by atoms with Gasteiger partial charge in [-0.3, -0.25) is 10.1 Å². The zero-order valence-corrected chi connectivity index (χ0v) is 10.6. The lowest BCUT2D eigenvalue weighted by molar-refractivity contribution is -0.385. The zero-order chi connectivity index (χ0) is 13.4. The lowest BCUT2D eigenvalue weighted by Crippen LogP contribution is -2.01. The summed E-state index contributed by atoms with van der Waals surface area (Å²) in [5, 5.41) is 19.4. The second-order valence-electron chi connectivity index (χ2n) is 4.21. The Bertz CT molecular complexity index is 393. The van der Waals surface area contributed by atoms with Crippen LogP contribution in [0, 0.1) is 17.0 Å². The normalized spacial score (nSPS) is 10.3. The summed E-state index contributed by atoms with van der Waals surface area (Å²) < 4.78 is 5.46. The molecule has 100 valence electrons. The van der Waals surface area contributed by atoms with E-state index in [1.165, 1.54) is 6.07 Å². The third-order valence-electron chi connectivity index (χ3n) is 2.62. The fourth-order valence-corrected chi connectivity index (χ4v) is 1.64. The van der Waals surface area contributed by atoms with Crippen molar-refractivity contribution in [1.29, 1.82) is 0 Å². The van der Waals surface area contributed by atoms with E-state index in [0.29, 0.717) is 12.4 Å². The number of hydrogen-bond donors (Lipinski definition) is 1. The molecule has 18 heavy (non-hydrogen) atoms. The zero-order valence-electron chi connectivity index (χ0n) is 10.6. The minimum absolute atomic E-state index is 0.0101. The number of unbranched alkanes of at least 4 members (excludes halogenated alkanes) is 3. The fourth-order valence-electron chi connectivity index (χ4n) is 1.64. The van der Waals surface area contributed by atoms with Crippen LogP contribution in [0.2, 0.25) is 0 Å². The third-order valence-corrected chi connectivity index (χ3v) is 2.62. The number of rotatable bonds is 8. The third kappa shape index (κ3) is 4.71. The molecule has 0 atom stereocenters. The van der Waals surface area contributed by atoms with Crippen LogP contribution in [0.5, 0.6) is 5.75 Å². The second-order valence-corrected chi connectivity index (χ2v) is 4.21. The van der Waals surface area contributed by atoms with Crippen molar-refractivity contribution in [2.24, 2.45) is 0 Å². The van der Waals surface area contributed by atoms with Crippen molar-refractivity contribution < 1.29 is 14.8 Å². The molecule has 0 saturated carbocycles. The van der Waals surface area contributed by atoms with Crippen LogP contribution in [0.25, 0.3) is 0 Å². The first-order chi connectivity index (χ1) is 8.65. The van der Waals surface area contributed by atoms with Gasteiger partial charge in [0.25, 0.3) is 0 Å². The molecule has 1 aromatic rings. The molecule has 1 N–H and O–H groups in total. The standard InChI is InChI=1S/C13H19NO4/c1-11-6-7-12(14(16)17)13(10-11)18-9-5-3-2-4-8-15/h6-7,10,15H,2-5,8-9H2,1H3. The molecular formula is C13H19NO4. The largest absolute Gasteiger partial charge is 0.487 e. The van der Waals surface area contributed by atoms with Gasteiger partial charge in [-0.05, 0) is 37.8 Å². The summed E-state index contributed by atoms with van der Waals surface area (Å²) in [6.07, 6.45) is 3.55. The van der Waals surface area contributed by atoms with Crippen LogP contribution in [0.15, 0.2) is 18.2 Å². The molecule has 5 nitrogen and oxygen atoms in total. The number of nitrogens with zero attached hydrogens (tertiary/aromatic N) is 1. The van der Waals surface area contributed by atoms with Gasteiger partial charge in [-0.1, -0.05) is 12.5 Å². The highest BCUT2D eigenvalue weighted by atomic mass is 16.6. The van der Waals surface area contributed by atoms with E-state index in [-0.39, 0.29) is 12.3 Å². The number of benzene rings is 1. The molecule has 1 aromatic carbocycles. The topological polar surface area (TPSA) is 72.6 Å². The summed E-state index contributed by atoms with van der Waals surface area (Å²) in [6.45, 7) is 2.55. The van der Waals surface area contributed by atoms with Crippen LogP contribution in [0.4, 0.5) is 5.69 Å². The Kier molecular flexibility index (Phi) is 6.14. The average Bonchev–Trinajstić information content (AvgIpc) is 2.33. The first-order valence-electron chi connectivity index (χ1n) is 6.14. The van der Waals surface area contributed by atoms with E-state index < -0.39 is 4.92 Å². The minimum Gasteiger partial charge on any atom is -0.487 e. The number of aliphatic hydroxyl groups excluding tert-OH is 1. The summed E-state index contributed by atoms with van der Waals surface area (Å²) >= 11 is 0. The smallest absolute Gasteiger partial charge is 0.310 e. The Morgan fingerprint density at radius 3 is 2.67 bits per heavy atom. The molecule has 0 fully saturated rings. The SMILES string of the molecule is Cc1ccc([N+](=O)[O-])c(OCCCCCCO)c1. The Hall–Kier alpha value is -1.62. The second kappa shape index (κ2) is 7.66. The van der Waals surface area contributed by atoms with E-state index in [2.05, 4.69) is 0 Å². The first-order valence-corrected chi connectivity index (χ1v) is 6.14. The Morgan fingerprint density at radius 2 is 2.00 bits per heavy atom. The molecule has 0 radical (unpaired) electrons. The Balaban J connectivity index is 2.45. The molecule has 0 saturated heterocycles. The highest BCUT2D eigenvalue weighted by Gasteiger charge is 2.14. The van der Waals surface area contributed by atoms with Crippen molar-refractivity contribution in [1.82, 2.24) is 0 Å². The van der Waals surface area contributed by atoms with Gasteiger partial charge >= 0.3 is 5.69 Å². The van der Waals surface area contributed by atoms with Crippen molar-refractivity contribution in [2.75, 3.05) is 13.2 Å². The number of aliphatic hydroxyl groups is 1. The molecule has 0 unspecified atom stereocenters. The maximum atomic E-state index is 10.8. The predicted molar refractivity (Wildman–Crippen MR) is 68.9 cm³/mol. The van der Waals surface area contributed by atoms with Crippen molar-refractivity contribution in [3.8, 4) is 5.75 Å². The number of ether oxygens (including phenoxy) is 1. The highest BCUT2D eigenvalue weighted by Crippen LogP contribution is 2.27. The van der Waals surface area contributed by atoms with Crippen LogP contribution in [-0.2, 0) is 0 Å². The highest BCUT2D eigenvalue weighted by molar-refractivity contribution is 5.48. The number of aryl methyl sites for hydroxylation is 1. The Morgan fingerprint density at radius 1 is 1.28 bits per heavy atom. The van der Waals surface area contributed by atoms with Gasteiger partial charge in [-0.2, -0.15) is 0 Å². The summed E-state index contributed by atoms with van der Waals surface area (Å²) in [5.41, 5.74) is 0.951. The molecule has 0 heterocycles. The molecule has 0 aliphatic carbocycles. The van der Waals surface area contributed by atoms with Gasteiger partial charge in [-0.25, -0.2) is 0 Å². The fraction of sp³-hybridized carbons (Fsp3) is 0.538. The number of nitro groups is 1. The lowest BCUT2D eigenvalue weighted by atomic mass is 10.2. The van der Waals surface area contributed by atoms with E-state index in [1.54, 1.807) is 12.1 Å². The molecule has 0 aliphatic rings. The maximum Gasteiger partial charge on any atom is 0.310 e. The summed E-state index contributed by atoms with van der Waals surface area (Å²) in [7, 11) is 0. The van der Waals surface area contributed by atoms with Crippen LogP contribution >= 0.6 is 0 Å². The van der Waals surface area contributed by atoms with E-state index in [4.69, 9.17) is 9.84 Å². The van der Waals surface area contributed by atoms with Gasteiger partial charge in [0.1, 0.15) is 0 Å². The summed E-state index contributed by atoms with van der Waals surface area (Å²) in [5.74, 6) is 0.335. The number of hydrogen-bond acceptors (Lipinski definition) is 4. The minimum atomic E-state index is -0.430.